The van der Waals surface area contributed by atoms with Crippen LogP contribution >= 0.6 is 27.3 Å². The fraction of sp³-hybridized carbons (Fsp3) is 0. The van der Waals surface area contributed by atoms with Gasteiger partial charge in [0.1, 0.15) is 0 Å². The molecule has 0 bridgehead atoms. The average Bonchev–Trinajstić information content (AvgIpc) is 3.10. The monoisotopic (exact) mass is 466 g/mol. The number of nitrogens with one attached hydrogen (secondary N) is 3. The molecule has 0 aliphatic heterocycles. The maximum absolute atomic E-state index is 12.3. The van der Waals surface area contributed by atoms with Gasteiger partial charge in [-0.3, -0.25) is 10.1 Å². The molecular formula is C21H15BrN4O2S. The minimum Gasteiger partial charge on any atom is -0.308 e. The molecule has 4 aromatic rings. The van der Waals surface area contributed by atoms with E-state index >= 15 is 0 Å². The lowest BCUT2D eigenvalue weighted by Gasteiger charge is -2.07. The average molecular weight is 467 g/mol. The lowest BCUT2D eigenvalue weighted by atomic mass is 10.2. The molecule has 1 heterocycles. The number of fused-ring (bicyclic) bond motifs is 1. The predicted octanol–water partition coefficient (Wildman–Crippen LogP) is 5.96. The zero-order chi connectivity index (χ0) is 20.2. The van der Waals surface area contributed by atoms with Crippen molar-refractivity contribution in [1.29, 1.82) is 0 Å². The van der Waals surface area contributed by atoms with Gasteiger partial charge < -0.3 is 10.6 Å². The number of amides is 3. The molecule has 0 atom stereocenters. The van der Waals surface area contributed by atoms with Crippen LogP contribution < -0.4 is 16.0 Å². The van der Waals surface area contributed by atoms with Crippen molar-refractivity contribution in [3.05, 3.63) is 82.8 Å². The lowest BCUT2D eigenvalue weighted by Crippen LogP contribution is -2.19. The molecule has 8 heteroatoms. The fourth-order valence-corrected chi connectivity index (χ4v) is 3.92. The Morgan fingerprint density at radius 2 is 1.59 bits per heavy atom. The topological polar surface area (TPSA) is 83.1 Å². The number of halogens is 1. The van der Waals surface area contributed by atoms with E-state index in [1.54, 1.807) is 30.3 Å². The first-order valence-electron chi connectivity index (χ1n) is 8.67. The molecule has 144 valence electrons. The van der Waals surface area contributed by atoms with Gasteiger partial charge in [-0.2, -0.15) is 0 Å². The number of carbonyl (C=O) groups excluding carboxylic acids is 2. The van der Waals surface area contributed by atoms with Crippen LogP contribution in [0.2, 0.25) is 0 Å². The number of thiazole rings is 1. The summed E-state index contributed by atoms with van der Waals surface area (Å²) in [6, 6.07) is 21.4. The number of aromatic nitrogens is 1. The maximum atomic E-state index is 12.3. The Morgan fingerprint density at radius 3 is 2.34 bits per heavy atom. The third-order valence-electron chi connectivity index (χ3n) is 3.98. The molecule has 0 aliphatic carbocycles. The standard InChI is InChI=1S/C21H15BrN4O2S/c22-14-7-4-8-15(11-14)23-20(28)24-16-9-10-18-17(12-16)25-21(29-18)26-19(27)13-5-2-1-3-6-13/h1-12H,(H2,23,24,28)(H,25,26,27). The molecule has 0 aliphatic rings. The summed E-state index contributed by atoms with van der Waals surface area (Å²) in [6.45, 7) is 0. The summed E-state index contributed by atoms with van der Waals surface area (Å²) >= 11 is 4.75. The highest BCUT2D eigenvalue weighted by atomic mass is 79.9. The van der Waals surface area contributed by atoms with Gasteiger partial charge in [0, 0.05) is 21.4 Å². The Hall–Kier alpha value is -3.23. The Bertz CT molecular complexity index is 1190. The molecule has 3 N–H and O–H groups in total. The third-order valence-corrected chi connectivity index (χ3v) is 5.43. The smallest absolute Gasteiger partial charge is 0.308 e. The predicted molar refractivity (Wildman–Crippen MR) is 121 cm³/mol. The van der Waals surface area contributed by atoms with Gasteiger partial charge in [-0.25, -0.2) is 9.78 Å². The van der Waals surface area contributed by atoms with Gasteiger partial charge in [-0.1, -0.05) is 51.5 Å². The van der Waals surface area contributed by atoms with Crippen LogP contribution in [-0.4, -0.2) is 16.9 Å². The van der Waals surface area contributed by atoms with Crippen molar-refractivity contribution in [2.75, 3.05) is 16.0 Å². The van der Waals surface area contributed by atoms with Crippen molar-refractivity contribution >= 4 is 65.9 Å². The molecule has 0 radical (unpaired) electrons. The number of urea groups is 1. The van der Waals surface area contributed by atoms with E-state index in [1.807, 2.05) is 42.5 Å². The van der Waals surface area contributed by atoms with Crippen LogP contribution in [0.5, 0.6) is 0 Å². The molecular weight excluding hydrogens is 452 g/mol. The fourth-order valence-electron chi connectivity index (χ4n) is 2.68. The van der Waals surface area contributed by atoms with E-state index in [-0.39, 0.29) is 11.9 Å². The van der Waals surface area contributed by atoms with Crippen LogP contribution in [0.25, 0.3) is 10.2 Å². The summed E-state index contributed by atoms with van der Waals surface area (Å²) in [6.07, 6.45) is 0. The molecule has 1 aromatic heterocycles. The molecule has 3 amide bonds. The van der Waals surface area contributed by atoms with E-state index in [0.29, 0.717) is 27.6 Å². The summed E-state index contributed by atoms with van der Waals surface area (Å²) in [5.41, 5.74) is 2.55. The van der Waals surface area contributed by atoms with Crippen LogP contribution in [0.1, 0.15) is 10.4 Å². The van der Waals surface area contributed by atoms with Gasteiger partial charge in [0.05, 0.1) is 10.2 Å². The second kappa shape index (κ2) is 8.42. The van der Waals surface area contributed by atoms with E-state index in [0.717, 1.165) is 9.17 Å². The highest BCUT2D eigenvalue weighted by molar-refractivity contribution is 9.10. The zero-order valence-corrected chi connectivity index (χ0v) is 17.4. The summed E-state index contributed by atoms with van der Waals surface area (Å²) in [4.78, 5) is 29.0. The van der Waals surface area contributed by atoms with E-state index in [1.165, 1.54) is 11.3 Å². The van der Waals surface area contributed by atoms with Crippen LogP contribution in [0.15, 0.2) is 77.3 Å². The molecule has 0 saturated heterocycles. The Labute approximate surface area is 179 Å². The van der Waals surface area contributed by atoms with Crippen LogP contribution in [0.4, 0.5) is 21.3 Å². The SMILES string of the molecule is O=C(Nc1cccc(Br)c1)Nc1ccc2sc(NC(=O)c3ccccc3)nc2c1. The summed E-state index contributed by atoms with van der Waals surface area (Å²) in [7, 11) is 0. The molecule has 0 unspecified atom stereocenters. The van der Waals surface area contributed by atoms with E-state index in [2.05, 4.69) is 36.9 Å². The first kappa shape index (κ1) is 19.1. The van der Waals surface area contributed by atoms with Gasteiger partial charge in [0.25, 0.3) is 5.91 Å². The van der Waals surface area contributed by atoms with Crippen LogP contribution in [0.3, 0.4) is 0 Å². The summed E-state index contributed by atoms with van der Waals surface area (Å²) < 4.78 is 1.79. The van der Waals surface area contributed by atoms with Crippen LogP contribution in [-0.2, 0) is 0 Å². The second-order valence-electron chi connectivity index (χ2n) is 6.11. The van der Waals surface area contributed by atoms with Crippen molar-refractivity contribution in [2.45, 2.75) is 0 Å². The van der Waals surface area contributed by atoms with Crippen molar-refractivity contribution in [2.24, 2.45) is 0 Å². The number of hydrogen-bond acceptors (Lipinski definition) is 4. The number of carbonyl (C=O) groups is 2. The number of benzene rings is 3. The Kier molecular flexibility index (Phi) is 5.55. The van der Waals surface area contributed by atoms with Gasteiger partial charge in [-0.05, 0) is 48.5 Å². The van der Waals surface area contributed by atoms with Gasteiger partial charge in [0.2, 0.25) is 0 Å². The van der Waals surface area contributed by atoms with Crippen LogP contribution in [0, 0.1) is 0 Å². The minimum absolute atomic E-state index is 0.212. The highest BCUT2D eigenvalue weighted by Crippen LogP contribution is 2.28. The lowest BCUT2D eigenvalue weighted by molar-refractivity contribution is 0.102. The van der Waals surface area contributed by atoms with Gasteiger partial charge >= 0.3 is 6.03 Å². The molecule has 0 saturated carbocycles. The number of anilines is 3. The quantitative estimate of drug-likeness (QED) is 0.347. The molecule has 29 heavy (non-hydrogen) atoms. The first-order valence-corrected chi connectivity index (χ1v) is 10.3. The molecule has 0 fully saturated rings. The largest absolute Gasteiger partial charge is 0.323 e. The van der Waals surface area contributed by atoms with Crippen molar-refractivity contribution in [3.63, 3.8) is 0 Å². The summed E-state index contributed by atoms with van der Waals surface area (Å²) in [5.74, 6) is -0.212. The number of rotatable bonds is 4. The normalized spacial score (nSPS) is 10.5. The van der Waals surface area contributed by atoms with Gasteiger partial charge in [0.15, 0.2) is 5.13 Å². The van der Waals surface area contributed by atoms with Crippen molar-refractivity contribution < 1.29 is 9.59 Å². The van der Waals surface area contributed by atoms with Gasteiger partial charge in [-0.15, -0.1) is 0 Å². The molecule has 3 aromatic carbocycles. The first-order chi connectivity index (χ1) is 14.1. The minimum atomic E-state index is -0.352. The van der Waals surface area contributed by atoms with Crippen molar-refractivity contribution in [3.8, 4) is 0 Å². The zero-order valence-electron chi connectivity index (χ0n) is 15.0. The number of hydrogen-bond donors (Lipinski definition) is 3. The maximum Gasteiger partial charge on any atom is 0.323 e. The van der Waals surface area contributed by atoms with Crippen molar-refractivity contribution in [1.82, 2.24) is 4.98 Å². The Morgan fingerprint density at radius 1 is 0.828 bits per heavy atom. The second-order valence-corrected chi connectivity index (χ2v) is 8.06. The summed E-state index contributed by atoms with van der Waals surface area (Å²) in [5, 5.41) is 8.88. The van der Waals surface area contributed by atoms with E-state index < -0.39 is 0 Å². The van der Waals surface area contributed by atoms with E-state index in [4.69, 9.17) is 0 Å². The molecule has 0 spiro atoms. The molecule has 6 nitrogen and oxygen atoms in total. The van der Waals surface area contributed by atoms with E-state index in [9.17, 15) is 9.59 Å². The Balaban J connectivity index is 1.45. The molecule has 4 rings (SSSR count). The third kappa shape index (κ3) is 4.79. The highest BCUT2D eigenvalue weighted by Gasteiger charge is 2.11. The number of nitrogens with zero attached hydrogens (tertiary/aromatic N) is 1.